The largest absolute Gasteiger partial charge is 0.495 e. The Morgan fingerprint density at radius 3 is 2.64 bits per heavy atom. The smallest absolute Gasteiger partial charge is 0.287 e. The van der Waals surface area contributed by atoms with E-state index in [4.69, 9.17) is 16.3 Å². The average molecular weight is 406 g/mol. The highest BCUT2D eigenvalue weighted by Crippen LogP contribution is 2.28. The number of hydrogen-bond acceptors (Lipinski definition) is 6. The minimum atomic E-state index is -0.235. The Labute approximate surface area is 170 Å². The molecule has 0 unspecified atom stereocenters. The van der Waals surface area contributed by atoms with Crippen LogP contribution in [0.4, 0.5) is 11.4 Å². The molecule has 0 spiro atoms. The molecule has 7 nitrogen and oxygen atoms in total. The second-order valence-corrected chi connectivity index (χ2v) is 7.16. The minimum Gasteiger partial charge on any atom is -0.495 e. The van der Waals surface area contributed by atoms with E-state index < -0.39 is 0 Å². The van der Waals surface area contributed by atoms with Gasteiger partial charge < -0.3 is 15.0 Å². The van der Waals surface area contributed by atoms with Crippen LogP contribution in [0.2, 0.25) is 5.02 Å². The van der Waals surface area contributed by atoms with Crippen molar-refractivity contribution < 1.29 is 4.74 Å². The summed E-state index contributed by atoms with van der Waals surface area (Å²) in [5, 5.41) is 7.49. The lowest BCUT2D eigenvalue weighted by atomic mass is 10.2. The molecule has 0 radical (unpaired) electrons. The molecule has 1 aromatic heterocycles. The summed E-state index contributed by atoms with van der Waals surface area (Å²) in [5.74, 6) is 0.916. The van der Waals surface area contributed by atoms with Gasteiger partial charge in [0.05, 0.1) is 24.7 Å². The molecule has 0 saturated carbocycles. The number of rotatable bonds is 8. The Morgan fingerprint density at radius 2 is 1.93 bits per heavy atom. The summed E-state index contributed by atoms with van der Waals surface area (Å²) in [5.41, 5.74) is 1.51. The summed E-state index contributed by atoms with van der Waals surface area (Å²) in [7, 11) is 1.71. The molecule has 0 amide bonds. The van der Waals surface area contributed by atoms with Gasteiger partial charge in [0.15, 0.2) is 0 Å². The third-order valence-corrected chi connectivity index (χ3v) is 5.36. The van der Waals surface area contributed by atoms with Crippen molar-refractivity contribution in [3.63, 3.8) is 0 Å². The number of anilines is 2. The Kier molecular flexibility index (Phi) is 7.17. The summed E-state index contributed by atoms with van der Waals surface area (Å²) < 4.78 is 6.93. The number of hydrogen-bond donors (Lipinski definition) is 1. The molecular weight excluding hydrogens is 378 g/mol. The van der Waals surface area contributed by atoms with Gasteiger partial charge in [-0.05, 0) is 25.5 Å². The lowest BCUT2D eigenvalue weighted by molar-refractivity contribution is 0.247. The summed E-state index contributed by atoms with van der Waals surface area (Å²) in [6, 6.07) is 8.14. The molecule has 1 aromatic carbocycles. The summed E-state index contributed by atoms with van der Waals surface area (Å²) in [6.45, 7) is 8.05. The normalized spacial score (nSPS) is 14.9. The van der Waals surface area contributed by atoms with Crippen molar-refractivity contribution >= 4 is 23.0 Å². The van der Waals surface area contributed by atoms with Gasteiger partial charge in [0, 0.05) is 45.8 Å². The number of aryl methyl sites for hydroxylation is 1. The number of ether oxygens (including phenoxy) is 1. The highest BCUT2D eigenvalue weighted by molar-refractivity contribution is 6.32. The van der Waals surface area contributed by atoms with Crippen molar-refractivity contribution in [1.82, 2.24) is 14.7 Å². The first-order valence-corrected chi connectivity index (χ1v) is 10.1. The second kappa shape index (κ2) is 9.80. The third kappa shape index (κ3) is 4.77. The molecule has 8 heteroatoms. The zero-order valence-corrected chi connectivity index (χ0v) is 17.3. The first-order valence-electron chi connectivity index (χ1n) is 9.73. The molecule has 2 heterocycles. The molecule has 0 atom stereocenters. The monoisotopic (exact) mass is 405 g/mol. The van der Waals surface area contributed by atoms with Crippen molar-refractivity contribution in [2.24, 2.45) is 0 Å². The number of methoxy groups -OCH3 is 1. The van der Waals surface area contributed by atoms with Crippen LogP contribution in [0.3, 0.4) is 0 Å². The molecule has 1 saturated heterocycles. The molecule has 1 aliphatic heterocycles. The average Bonchev–Trinajstić information content (AvgIpc) is 2.73. The van der Waals surface area contributed by atoms with E-state index in [1.165, 1.54) is 4.68 Å². The predicted molar refractivity (Wildman–Crippen MR) is 114 cm³/mol. The summed E-state index contributed by atoms with van der Waals surface area (Å²) in [6.07, 6.45) is 2.48. The number of nitrogens with zero attached hydrogens (tertiary/aromatic N) is 4. The van der Waals surface area contributed by atoms with Crippen LogP contribution in [-0.4, -0.2) is 61.1 Å². The number of para-hydroxylation sites is 2. The van der Waals surface area contributed by atoms with Gasteiger partial charge in [-0.1, -0.05) is 23.7 Å². The van der Waals surface area contributed by atoms with Crippen molar-refractivity contribution in [2.45, 2.75) is 19.9 Å². The van der Waals surface area contributed by atoms with Gasteiger partial charge in [-0.25, -0.2) is 4.68 Å². The fraction of sp³-hybridized carbons (Fsp3) is 0.500. The van der Waals surface area contributed by atoms with E-state index in [0.29, 0.717) is 18.8 Å². The highest BCUT2D eigenvalue weighted by atomic mass is 35.5. The second-order valence-electron chi connectivity index (χ2n) is 6.78. The van der Waals surface area contributed by atoms with Gasteiger partial charge in [0.25, 0.3) is 5.56 Å². The van der Waals surface area contributed by atoms with Gasteiger partial charge in [-0.15, -0.1) is 0 Å². The fourth-order valence-electron chi connectivity index (χ4n) is 3.49. The first-order chi connectivity index (χ1) is 13.6. The zero-order valence-electron chi connectivity index (χ0n) is 16.5. The minimum absolute atomic E-state index is 0.210. The quantitative estimate of drug-likeness (QED) is 0.728. The molecule has 1 N–H and O–H groups in total. The van der Waals surface area contributed by atoms with Crippen LogP contribution < -0.4 is 20.5 Å². The Bertz CT molecular complexity index is 834. The van der Waals surface area contributed by atoms with Gasteiger partial charge in [0.1, 0.15) is 10.8 Å². The highest BCUT2D eigenvalue weighted by Gasteiger charge is 2.19. The van der Waals surface area contributed by atoms with Gasteiger partial charge in [-0.3, -0.25) is 9.69 Å². The number of nitrogens with one attached hydrogen (secondary N) is 1. The molecule has 152 valence electrons. The maximum atomic E-state index is 12.3. The number of piperazine rings is 1. The van der Waals surface area contributed by atoms with Crippen LogP contribution in [-0.2, 0) is 6.54 Å². The fourth-order valence-corrected chi connectivity index (χ4v) is 3.70. The van der Waals surface area contributed by atoms with E-state index in [1.807, 2.05) is 25.1 Å². The number of benzene rings is 1. The van der Waals surface area contributed by atoms with Gasteiger partial charge in [0.2, 0.25) is 0 Å². The predicted octanol–water partition coefficient (Wildman–Crippen LogP) is 2.55. The lowest BCUT2D eigenvalue weighted by Gasteiger charge is -2.36. The van der Waals surface area contributed by atoms with Crippen molar-refractivity contribution in [3.8, 4) is 5.75 Å². The van der Waals surface area contributed by atoms with Crippen LogP contribution >= 0.6 is 11.6 Å². The van der Waals surface area contributed by atoms with Gasteiger partial charge in [-0.2, -0.15) is 5.10 Å². The van der Waals surface area contributed by atoms with Crippen molar-refractivity contribution in [1.29, 1.82) is 0 Å². The Morgan fingerprint density at radius 1 is 1.18 bits per heavy atom. The van der Waals surface area contributed by atoms with Crippen LogP contribution in [0.15, 0.2) is 35.3 Å². The SMILES string of the molecule is CCNc1cnn(CCCN2CCN(c3ccccc3OC)CC2)c(=O)c1Cl. The zero-order chi connectivity index (χ0) is 19.9. The molecule has 2 aromatic rings. The van der Waals surface area contributed by atoms with Crippen LogP contribution in [0.25, 0.3) is 0 Å². The van der Waals surface area contributed by atoms with E-state index in [-0.39, 0.29) is 10.6 Å². The van der Waals surface area contributed by atoms with E-state index >= 15 is 0 Å². The third-order valence-electron chi connectivity index (χ3n) is 4.99. The van der Waals surface area contributed by atoms with E-state index in [9.17, 15) is 4.79 Å². The van der Waals surface area contributed by atoms with Crippen LogP contribution in [0.1, 0.15) is 13.3 Å². The van der Waals surface area contributed by atoms with E-state index in [2.05, 4.69) is 26.3 Å². The van der Waals surface area contributed by atoms with E-state index in [0.717, 1.165) is 50.6 Å². The molecular formula is C20H28ClN5O2. The number of aromatic nitrogens is 2. The van der Waals surface area contributed by atoms with Gasteiger partial charge >= 0.3 is 0 Å². The lowest BCUT2D eigenvalue weighted by Crippen LogP contribution is -2.47. The van der Waals surface area contributed by atoms with Crippen molar-refractivity contribution in [3.05, 3.63) is 45.8 Å². The van der Waals surface area contributed by atoms with Crippen LogP contribution in [0.5, 0.6) is 5.75 Å². The van der Waals surface area contributed by atoms with E-state index in [1.54, 1.807) is 13.3 Å². The summed E-state index contributed by atoms with van der Waals surface area (Å²) >= 11 is 6.14. The van der Waals surface area contributed by atoms with Crippen LogP contribution in [0, 0.1) is 0 Å². The number of halogens is 1. The molecule has 28 heavy (non-hydrogen) atoms. The topological polar surface area (TPSA) is 62.6 Å². The molecule has 3 rings (SSSR count). The Hall–Kier alpha value is -2.25. The first kappa shape index (κ1) is 20.5. The van der Waals surface area contributed by atoms with Crippen molar-refractivity contribution in [2.75, 3.05) is 56.6 Å². The maximum Gasteiger partial charge on any atom is 0.287 e. The molecule has 0 bridgehead atoms. The molecule has 1 fully saturated rings. The molecule has 0 aliphatic carbocycles. The summed E-state index contributed by atoms with van der Waals surface area (Å²) in [4.78, 5) is 17.1. The standard InChI is InChI=1S/C20H28ClN5O2/c1-3-22-16-15-23-26(20(27)19(16)21)10-6-9-24-11-13-25(14-12-24)17-7-4-5-8-18(17)28-2/h4-5,7-8,15,22H,3,6,9-14H2,1-2H3. The Balaban J connectivity index is 1.49. The molecule has 1 aliphatic rings. The maximum absolute atomic E-state index is 12.3.